The average molecular weight is 431 g/mol. The predicted octanol–water partition coefficient (Wildman–Crippen LogP) is 5.28. The number of fused-ring (bicyclic) bond motifs is 2. The lowest BCUT2D eigenvalue weighted by atomic mass is 9.88. The standard InChI is InChI=1S/C27H30N2O3/c1-18-4-7-25-22(12-18)15-21-16-24(6-5-20(21)14-23(25)17-27(30)31)32-11-3-9-28-26-13-19(2)8-10-29-26/h4-8,10,12-13,16,23H,3,9,11,14-15,17H2,1-2H3,(H,28,29)(H,30,31). The molecule has 1 heterocycles. The second kappa shape index (κ2) is 9.86. The van der Waals surface area contributed by atoms with E-state index in [0.717, 1.165) is 42.9 Å². The van der Waals surface area contributed by atoms with Crippen molar-refractivity contribution in [3.63, 3.8) is 0 Å². The summed E-state index contributed by atoms with van der Waals surface area (Å²) >= 11 is 0. The minimum Gasteiger partial charge on any atom is -0.494 e. The molecule has 0 bridgehead atoms. The van der Waals surface area contributed by atoms with Crippen molar-refractivity contribution in [2.45, 2.75) is 45.4 Å². The number of hydrogen-bond donors (Lipinski definition) is 2. The quantitative estimate of drug-likeness (QED) is 0.476. The van der Waals surface area contributed by atoms with Crippen LogP contribution in [-0.2, 0) is 17.6 Å². The molecule has 32 heavy (non-hydrogen) atoms. The number of benzene rings is 2. The smallest absolute Gasteiger partial charge is 0.303 e. The molecule has 1 unspecified atom stereocenters. The third kappa shape index (κ3) is 5.47. The first-order chi connectivity index (χ1) is 15.5. The number of nitrogens with zero attached hydrogens (tertiary/aromatic N) is 1. The maximum absolute atomic E-state index is 11.5. The summed E-state index contributed by atoms with van der Waals surface area (Å²) in [6.45, 7) is 5.55. The van der Waals surface area contributed by atoms with Gasteiger partial charge in [-0.05, 0) is 91.1 Å². The summed E-state index contributed by atoms with van der Waals surface area (Å²) in [7, 11) is 0. The number of aliphatic carboxylic acids is 1. The van der Waals surface area contributed by atoms with E-state index in [-0.39, 0.29) is 12.3 Å². The summed E-state index contributed by atoms with van der Waals surface area (Å²) in [4.78, 5) is 15.8. The van der Waals surface area contributed by atoms with Gasteiger partial charge in [-0.1, -0.05) is 29.8 Å². The van der Waals surface area contributed by atoms with Gasteiger partial charge in [0, 0.05) is 12.7 Å². The van der Waals surface area contributed by atoms with Gasteiger partial charge in [0.25, 0.3) is 0 Å². The summed E-state index contributed by atoms with van der Waals surface area (Å²) in [5, 5.41) is 12.8. The van der Waals surface area contributed by atoms with Crippen LogP contribution in [0.15, 0.2) is 54.7 Å². The number of hydrogen-bond acceptors (Lipinski definition) is 4. The van der Waals surface area contributed by atoms with E-state index in [1.165, 1.54) is 27.8 Å². The zero-order chi connectivity index (χ0) is 22.5. The first-order valence-electron chi connectivity index (χ1n) is 11.2. The van der Waals surface area contributed by atoms with E-state index in [4.69, 9.17) is 4.74 Å². The second-order valence-electron chi connectivity index (χ2n) is 8.66. The van der Waals surface area contributed by atoms with Crippen molar-refractivity contribution < 1.29 is 14.6 Å². The van der Waals surface area contributed by atoms with Crippen LogP contribution < -0.4 is 10.1 Å². The fourth-order valence-electron chi connectivity index (χ4n) is 4.43. The minimum atomic E-state index is -0.751. The van der Waals surface area contributed by atoms with Crippen molar-refractivity contribution in [3.05, 3.63) is 88.1 Å². The molecule has 1 aliphatic rings. The van der Waals surface area contributed by atoms with E-state index in [1.54, 1.807) is 0 Å². The van der Waals surface area contributed by atoms with Gasteiger partial charge in [-0.25, -0.2) is 4.98 Å². The van der Waals surface area contributed by atoms with Crippen LogP contribution in [0.25, 0.3) is 0 Å². The van der Waals surface area contributed by atoms with Crippen molar-refractivity contribution >= 4 is 11.8 Å². The number of ether oxygens (including phenoxy) is 1. The fourth-order valence-corrected chi connectivity index (χ4v) is 4.43. The number of nitrogens with one attached hydrogen (secondary N) is 1. The lowest BCUT2D eigenvalue weighted by Gasteiger charge is -2.16. The number of carboxylic acid groups (broad SMARTS) is 1. The Labute approximate surface area is 189 Å². The Morgan fingerprint density at radius 2 is 1.91 bits per heavy atom. The summed E-state index contributed by atoms with van der Waals surface area (Å²) in [5.41, 5.74) is 7.21. The van der Waals surface area contributed by atoms with Crippen LogP contribution in [0.1, 0.15) is 52.1 Å². The van der Waals surface area contributed by atoms with Crippen molar-refractivity contribution in [1.29, 1.82) is 0 Å². The highest BCUT2D eigenvalue weighted by molar-refractivity contribution is 5.68. The average Bonchev–Trinajstić information content (AvgIpc) is 2.88. The maximum atomic E-state index is 11.5. The molecule has 1 atom stereocenters. The van der Waals surface area contributed by atoms with Crippen LogP contribution in [-0.4, -0.2) is 29.2 Å². The summed E-state index contributed by atoms with van der Waals surface area (Å²) < 4.78 is 6.02. The molecule has 0 radical (unpaired) electrons. The Hall–Kier alpha value is -3.34. The van der Waals surface area contributed by atoms with Gasteiger partial charge < -0.3 is 15.2 Å². The molecule has 166 valence electrons. The summed E-state index contributed by atoms with van der Waals surface area (Å²) in [6.07, 6.45) is 4.38. The van der Waals surface area contributed by atoms with Crippen molar-refractivity contribution in [2.24, 2.45) is 0 Å². The number of aromatic nitrogens is 1. The Morgan fingerprint density at radius 1 is 1.06 bits per heavy atom. The number of anilines is 1. The third-order valence-corrected chi connectivity index (χ3v) is 6.00. The maximum Gasteiger partial charge on any atom is 0.303 e. The Bertz CT molecular complexity index is 1110. The molecular formula is C27H30N2O3. The zero-order valence-corrected chi connectivity index (χ0v) is 18.7. The molecular weight excluding hydrogens is 400 g/mol. The molecule has 0 saturated heterocycles. The molecule has 1 aliphatic carbocycles. The highest BCUT2D eigenvalue weighted by Crippen LogP contribution is 2.35. The van der Waals surface area contributed by atoms with Gasteiger partial charge in [0.05, 0.1) is 13.0 Å². The lowest BCUT2D eigenvalue weighted by Crippen LogP contribution is -2.10. The third-order valence-electron chi connectivity index (χ3n) is 6.00. The fraction of sp³-hybridized carbons (Fsp3) is 0.333. The first-order valence-corrected chi connectivity index (χ1v) is 11.2. The van der Waals surface area contributed by atoms with Crippen LogP contribution in [0.3, 0.4) is 0 Å². The Balaban J connectivity index is 1.41. The molecule has 2 N–H and O–H groups in total. The lowest BCUT2D eigenvalue weighted by molar-refractivity contribution is -0.137. The van der Waals surface area contributed by atoms with Gasteiger partial charge in [0.1, 0.15) is 11.6 Å². The Kier molecular flexibility index (Phi) is 6.74. The van der Waals surface area contributed by atoms with Crippen LogP contribution in [0.4, 0.5) is 5.82 Å². The molecule has 0 saturated carbocycles. The van der Waals surface area contributed by atoms with Gasteiger partial charge >= 0.3 is 5.97 Å². The molecule has 2 aromatic carbocycles. The highest BCUT2D eigenvalue weighted by Gasteiger charge is 2.24. The number of aryl methyl sites for hydroxylation is 2. The summed E-state index contributed by atoms with van der Waals surface area (Å²) in [6, 6.07) is 16.6. The molecule has 0 spiro atoms. The van der Waals surface area contributed by atoms with Crippen LogP contribution in [0.5, 0.6) is 5.75 Å². The molecule has 4 rings (SSSR count). The monoisotopic (exact) mass is 430 g/mol. The second-order valence-corrected chi connectivity index (χ2v) is 8.66. The molecule has 5 heteroatoms. The predicted molar refractivity (Wildman–Crippen MR) is 127 cm³/mol. The molecule has 0 aliphatic heterocycles. The molecule has 0 fully saturated rings. The molecule has 5 nitrogen and oxygen atoms in total. The molecule has 3 aromatic rings. The van der Waals surface area contributed by atoms with Gasteiger partial charge in [-0.2, -0.15) is 0 Å². The number of pyridine rings is 1. The SMILES string of the molecule is Cc1ccnc(NCCCOc2ccc3c(c2)Cc2cc(C)ccc2C(CC(=O)O)C3)c1. The van der Waals surface area contributed by atoms with Crippen molar-refractivity contribution in [1.82, 2.24) is 4.98 Å². The van der Waals surface area contributed by atoms with Gasteiger partial charge in [0.2, 0.25) is 0 Å². The number of rotatable bonds is 8. The van der Waals surface area contributed by atoms with Crippen molar-refractivity contribution in [2.75, 3.05) is 18.5 Å². The van der Waals surface area contributed by atoms with Crippen LogP contribution in [0, 0.1) is 13.8 Å². The van der Waals surface area contributed by atoms with E-state index in [1.807, 2.05) is 24.4 Å². The van der Waals surface area contributed by atoms with E-state index in [9.17, 15) is 9.90 Å². The van der Waals surface area contributed by atoms with E-state index in [0.29, 0.717) is 6.61 Å². The largest absolute Gasteiger partial charge is 0.494 e. The molecule has 1 aromatic heterocycles. The summed E-state index contributed by atoms with van der Waals surface area (Å²) in [5.74, 6) is 1.00. The van der Waals surface area contributed by atoms with Crippen LogP contribution >= 0.6 is 0 Å². The van der Waals surface area contributed by atoms with Gasteiger partial charge in [-0.15, -0.1) is 0 Å². The number of carboxylic acids is 1. The topological polar surface area (TPSA) is 71.5 Å². The normalized spacial score (nSPS) is 14.8. The first kappa shape index (κ1) is 21.9. The van der Waals surface area contributed by atoms with Gasteiger partial charge in [0.15, 0.2) is 0 Å². The van der Waals surface area contributed by atoms with E-state index in [2.05, 4.69) is 54.5 Å². The van der Waals surface area contributed by atoms with E-state index < -0.39 is 5.97 Å². The van der Waals surface area contributed by atoms with Crippen LogP contribution in [0.2, 0.25) is 0 Å². The molecule has 0 amide bonds. The number of carbonyl (C=O) groups is 1. The minimum absolute atomic E-state index is 0.00238. The van der Waals surface area contributed by atoms with Crippen molar-refractivity contribution in [3.8, 4) is 5.75 Å². The van der Waals surface area contributed by atoms with E-state index >= 15 is 0 Å². The highest BCUT2D eigenvalue weighted by atomic mass is 16.5. The Morgan fingerprint density at radius 3 is 2.72 bits per heavy atom. The van der Waals surface area contributed by atoms with Gasteiger partial charge in [-0.3, -0.25) is 4.79 Å². The zero-order valence-electron chi connectivity index (χ0n) is 18.7.